The number of benzene rings is 2. The molecule has 1 saturated heterocycles. The van der Waals surface area contributed by atoms with Crippen molar-refractivity contribution < 1.29 is 19.1 Å². The Bertz CT molecular complexity index is 928. The Morgan fingerprint density at radius 1 is 1.11 bits per heavy atom. The number of methoxy groups -OCH3 is 1. The average molecular weight is 380 g/mol. The molecule has 2 amide bonds. The molecule has 0 saturated carbocycles. The molecule has 1 aliphatic heterocycles. The molecular formula is C22H24N2O4. The molecule has 28 heavy (non-hydrogen) atoms. The third-order valence-electron chi connectivity index (χ3n) is 5.00. The summed E-state index contributed by atoms with van der Waals surface area (Å²) in [6, 6.07) is 10.7. The van der Waals surface area contributed by atoms with Crippen molar-refractivity contribution in [3.63, 3.8) is 0 Å². The fourth-order valence-electron chi connectivity index (χ4n) is 3.65. The highest BCUT2D eigenvalue weighted by molar-refractivity contribution is 6.04. The minimum Gasteiger partial charge on any atom is -0.465 e. The first-order valence-corrected chi connectivity index (χ1v) is 9.17. The number of ether oxygens (including phenoxy) is 1. The average Bonchev–Trinajstić information content (AvgIpc) is 3.05. The molecule has 0 bridgehead atoms. The van der Waals surface area contributed by atoms with Gasteiger partial charge in [-0.1, -0.05) is 23.8 Å². The highest BCUT2D eigenvalue weighted by Crippen LogP contribution is 2.28. The number of hydrogen-bond acceptors (Lipinski definition) is 4. The number of carbonyl (C=O) groups excluding carboxylic acids is 3. The molecule has 146 valence electrons. The van der Waals surface area contributed by atoms with E-state index in [4.69, 9.17) is 4.74 Å². The van der Waals surface area contributed by atoms with Crippen LogP contribution in [0.4, 0.5) is 11.4 Å². The summed E-state index contributed by atoms with van der Waals surface area (Å²) in [5.41, 5.74) is 4.89. The zero-order valence-electron chi connectivity index (χ0n) is 16.5. The highest BCUT2D eigenvalue weighted by Gasteiger charge is 2.35. The third-order valence-corrected chi connectivity index (χ3v) is 5.00. The van der Waals surface area contributed by atoms with Gasteiger partial charge in [-0.05, 0) is 50.1 Å². The molecule has 0 spiro atoms. The van der Waals surface area contributed by atoms with Gasteiger partial charge in [0, 0.05) is 24.3 Å². The Morgan fingerprint density at radius 2 is 1.79 bits per heavy atom. The zero-order chi connectivity index (χ0) is 20.4. The molecule has 6 heteroatoms. The van der Waals surface area contributed by atoms with E-state index in [-0.39, 0.29) is 24.8 Å². The largest absolute Gasteiger partial charge is 0.465 e. The van der Waals surface area contributed by atoms with Crippen molar-refractivity contribution in [3.8, 4) is 0 Å². The zero-order valence-corrected chi connectivity index (χ0v) is 16.5. The molecule has 2 aromatic carbocycles. The fourth-order valence-corrected chi connectivity index (χ4v) is 3.65. The molecule has 1 fully saturated rings. The van der Waals surface area contributed by atoms with Gasteiger partial charge in [-0.2, -0.15) is 0 Å². The van der Waals surface area contributed by atoms with Crippen molar-refractivity contribution in [2.24, 2.45) is 5.92 Å². The summed E-state index contributed by atoms with van der Waals surface area (Å²) in [6.07, 6.45) is 0.137. The van der Waals surface area contributed by atoms with Crippen molar-refractivity contribution in [2.75, 3.05) is 23.9 Å². The lowest BCUT2D eigenvalue weighted by Crippen LogP contribution is -2.28. The second kappa shape index (κ2) is 7.84. The first-order valence-electron chi connectivity index (χ1n) is 9.17. The number of amides is 2. The number of nitrogens with zero attached hydrogens (tertiary/aromatic N) is 1. The normalized spacial score (nSPS) is 16.2. The maximum atomic E-state index is 12.8. The van der Waals surface area contributed by atoms with Gasteiger partial charge in [0.25, 0.3) is 0 Å². The van der Waals surface area contributed by atoms with E-state index in [1.54, 1.807) is 29.2 Å². The smallest absolute Gasteiger partial charge is 0.337 e. The maximum Gasteiger partial charge on any atom is 0.337 e. The molecule has 6 nitrogen and oxygen atoms in total. The van der Waals surface area contributed by atoms with Gasteiger partial charge in [0.05, 0.1) is 18.6 Å². The van der Waals surface area contributed by atoms with Crippen molar-refractivity contribution in [1.82, 2.24) is 0 Å². The minimum absolute atomic E-state index is 0.137. The number of esters is 1. The molecule has 1 heterocycles. The van der Waals surface area contributed by atoms with Crippen LogP contribution in [0.2, 0.25) is 0 Å². The van der Waals surface area contributed by atoms with Crippen LogP contribution >= 0.6 is 0 Å². The lowest BCUT2D eigenvalue weighted by molar-refractivity contribution is -0.122. The van der Waals surface area contributed by atoms with Crippen LogP contribution in [0.3, 0.4) is 0 Å². The fraction of sp³-hybridized carbons (Fsp3) is 0.318. The number of carbonyl (C=O) groups is 3. The van der Waals surface area contributed by atoms with Crippen molar-refractivity contribution in [2.45, 2.75) is 27.2 Å². The summed E-state index contributed by atoms with van der Waals surface area (Å²) < 4.78 is 4.73. The lowest BCUT2D eigenvalue weighted by Gasteiger charge is -2.18. The minimum atomic E-state index is -0.465. The predicted molar refractivity (Wildman–Crippen MR) is 108 cm³/mol. The first-order chi connectivity index (χ1) is 13.3. The number of anilines is 2. The van der Waals surface area contributed by atoms with Gasteiger partial charge in [-0.3, -0.25) is 9.59 Å². The summed E-state index contributed by atoms with van der Waals surface area (Å²) in [6.45, 7) is 6.21. The third kappa shape index (κ3) is 3.91. The Hall–Kier alpha value is -3.15. The number of hydrogen-bond donors (Lipinski definition) is 1. The van der Waals surface area contributed by atoms with Crippen molar-refractivity contribution in [3.05, 3.63) is 58.7 Å². The van der Waals surface area contributed by atoms with Crippen LogP contribution in [-0.2, 0) is 14.3 Å². The summed E-state index contributed by atoms with van der Waals surface area (Å²) in [7, 11) is 1.31. The van der Waals surface area contributed by atoms with Gasteiger partial charge in [0.1, 0.15) is 0 Å². The number of aryl methyl sites for hydroxylation is 3. The van der Waals surface area contributed by atoms with Gasteiger partial charge in [-0.15, -0.1) is 0 Å². The molecule has 1 unspecified atom stereocenters. The summed E-state index contributed by atoms with van der Waals surface area (Å²) in [4.78, 5) is 38.6. The molecule has 0 radical (unpaired) electrons. The Labute approximate surface area is 164 Å². The van der Waals surface area contributed by atoms with Crippen LogP contribution in [0.15, 0.2) is 36.4 Å². The molecule has 1 aliphatic rings. The van der Waals surface area contributed by atoms with Crippen LogP contribution in [0.5, 0.6) is 0 Å². The van der Waals surface area contributed by atoms with Crippen LogP contribution in [0.1, 0.15) is 33.5 Å². The van der Waals surface area contributed by atoms with E-state index in [0.29, 0.717) is 11.3 Å². The topological polar surface area (TPSA) is 75.7 Å². The van der Waals surface area contributed by atoms with Gasteiger partial charge in [0.2, 0.25) is 11.8 Å². The Morgan fingerprint density at radius 3 is 2.43 bits per heavy atom. The van der Waals surface area contributed by atoms with Crippen molar-refractivity contribution in [1.29, 1.82) is 0 Å². The monoisotopic (exact) mass is 380 g/mol. The predicted octanol–water partition coefficient (Wildman–Crippen LogP) is 3.39. The molecule has 2 aromatic rings. The van der Waals surface area contributed by atoms with E-state index < -0.39 is 11.9 Å². The quantitative estimate of drug-likeness (QED) is 0.825. The van der Waals surface area contributed by atoms with Crippen LogP contribution < -0.4 is 10.2 Å². The van der Waals surface area contributed by atoms with Crippen LogP contribution in [0.25, 0.3) is 0 Å². The highest BCUT2D eigenvalue weighted by atomic mass is 16.5. The number of rotatable bonds is 4. The van der Waals surface area contributed by atoms with E-state index in [0.717, 1.165) is 22.4 Å². The van der Waals surface area contributed by atoms with Crippen molar-refractivity contribution >= 4 is 29.2 Å². The first kappa shape index (κ1) is 19.6. The van der Waals surface area contributed by atoms with Gasteiger partial charge >= 0.3 is 5.97 Å². The van der Waals surface area contributed by atoms with E-state index in [1.165, 1.54) is 7.11 Å². The lowest BCUT2D eigenvalue weighted by atomic mass is 10.0. The standard InChI is InChI=1S/C22H24N2O4/c1-13-8-14(2)20(15(3)9-13)23-21(26)17-11-19(25)24(12-17)18-7-5-6-16(10-18)22(27)28-4/h5-10,17H,11-12H2,1-4H3,(H,23,26). The molecule has 0 aliphatic carbocycles. The molecular weight excluding hydrogens is 356 g/mol. The second-order valence-corrected chi connectivity index (χ2v) is 7.21. The Balaban J connectivity index is 1.76. The Kier molecular flexibility index (Phi) is 5.49. The van der Waals surface area contributed by atoms with E-state index in [2.05, 4.69) is 5.32 Å². The second-order valence-electron chi connectivity index (χ2n) is 7.21. The van der Waals surface area contributed by atoms with E-state index >= 15 is 0 Å². The van der Waals surface area contributed by atoms with E-state index in [9.17, 15) is 14.4 Å². The molecule has 1 N–H and O–H groups in total. The van der Waals surface area contributed by atoms with E-state index in [1.807, 2.05) is 32.9 Å². The molecule has 0 aromatic heterocycles. The summed E-state index contributed by atoms with van der Waals surface area (Å²) in [5.74, 6) is -1.22. The van der Waals surface area contributed by atoms with Crippen LogP contribution in [-0.4, -0.2) is 31.4 Å². The SMILES string of the molecule is COC(=O)c1cccc(N2CC(C(=O)Nc3c(C)cc(C)cc3C)CC2=O)c1. The summed E-state index contributed by atoms with van der Waals surface area (Å²) >= 11 is 0. The summed E-state index contributed by atoms with van der Waals surface area (Å²) in [5, 5.41) is 2.99. The maximum absolute atomic E-state index is 12.8. The van der Waals surface area contributed by atoms with Gasteiger partial charge in [-0.25, -0.2) is 4.79 Å². The molecule has 3 rings (SSSR count). The number of nitrogens with one attached hydrogen (secondary N) is 1. The van der Waals surface area contributed by atoms with Gasteiger partial charge in [0.15, 0.2) is 0 Å². The van der Waals surface area contributed by atoms with Crippen LogP contribution in [0, 0.1) is 26.7 Å². The van der Waals surface area contributed by atoms with Gasteiger partial charge < -0.3 is 15.0 Å². The molecule has 1 atom stereocenters.